The molecule has 122 valence electrons. The molecule has 0 spiro atoms. The molecular weight excluding hydrogens is 378 g/mol. The highest BCUT2D eigenvalue weighted by Gasteiger charge is 2.06. The zero-order valence-electron chi connectivity index (χ0n) is 13.0. The molecule has 0 aliphatic rings. The van der Waals surface area contributed by atoms with E-state index < -0.39 is 0 Å². The summed E-state index contributed by atoms with van der Waals surface area (Å²) in [5, 5.41) is 2.83. The van der Waals surface area contributed by atoms with E-state index in [1.54, 1.807) is 7.11 Å². The Labute approximate surface area is 148 Å². The lowest BCUT2D eigenvalue weighted by Crippen LogP contribution is -2.13. The van der Waals surface area contributed by atoms with Gasteiger partial charge in [-0.2, -0.15) is 11.8 Å². The molecule has 0 unspecified atom stereocenters. The number of methoxy groups -OCH3 is 1. The number of thioether (sulfide) groups is 1. The van der Waals surface area contributed by atoms with Gasteiger partial charge >= 0.3 is 0 Å². The number of hydrogen-bond acceptors (Lipinski definition) is 4. The second-order valence-electron chi connectivity index (χ2n) is 4.75. The highest BCUT2D eigenvalue weighted by atomic mass is 79.9. The molecule has 0 saturated heterocycles. The first-order valence-electron chi connectivity index (χ1n) is 6.96. The van der Waals surface area contributed by atoms with Gasteiger partial charge in [-0.1, -0.05) is 15.9 Å². The zero-order valence-corrected chi connectivity index (χ0v) is 15.4. The predicted octanol–water partition coefficient (Wildman–Crippen LogP) is 4.34. The molecule has 0 aliphatic carbocycles. The third-order valence-electron chi connectivity index (χ3n) is 3.05. The molecule has 2 aromatic carbocycles. The van der Waals surface area contributed by atoms with Crippen LogP contribution < -0.4 is 14.8 Å². The molecule has 23 heavy (non-hydrogen) atoms. The van der Waals surface area contributed by atoms with E-state index in [2.05, 4.69) is 21.2 Å². The fraction of sp³-hybridized carbons (Fsp3) is 0.235. The molecule has 0 heterocycles. The standard InChI is InChI=1S/C17H18BrNO3S/c1-21-16-8-3-13(18)9-12(16)10-22-15-6-4-14(5-7-15)19-17(20)11-23-2/h3-9H,10-11H2,1-2H3,(H,19,20). The number of benzene rings is 2. The smallest absolute Gasteiger partial charge is 0.234 e. The lowest BCUT2D eigenvalue weighted by atomic mass is 10.2. The quantitative estimate of drug-likeness (QED) is 0.757. The summed E-state index contributed by atoms with van der Waals surface area (Å²) < 4.78 is 12.1. The molecule has 0 fully saturated rings. The summed E-state index contributed by atoms with van der Waals surface area (Å²) in [7, 11) is 1.64. The van der Waals surface area contributed by atoms with Gasteiger partial charge in [-0.25, -0.2) is 0 Å². The van der Waals surface area contributed by atoms with Gasteiger partial charge in [0.15, 0.2) is 0 Å². The van der Waals surface area contributed by atoms with Crippen LogP contribution in [-0.2, 0) is 11.4 Å². The Bertz CT molecular complexity index is 661. The summed E-state index contributed by atoms with van der Waals surface area (Å²) >= 11 is 4.93. The van der Waals surface area contributed by atoms with Crippen molar-refractivity contribution in [1.82, 2.24) is 0 Å². The maximum atomic E-state index is 11.5. The Morgan fingerprint density at radius 1 is 1.22 bits per heavy atom. The van der Waals surface area contributed by atoms with Gasteiger partial charge in [0.05, 0.1) is 12.9 Å². The van der Waals surface area contributed by atoms with E-state index in [0.29, 0.717) is 12.4 Å². The lowest BCUT2D eigenvalue weighted by Gasteiger charge is -2.11. The van der Waals surface area contributed by atoms with E-state index in [1.165, 1.54) is 11.8 Å². The van der Waals surface area contributed by atoms with E-state index >= 15 is 0 Å². The van der Waals surface area contributed by atoms with Crippen LogP contribution in [0, 0.1) is 0 Å². The van der Waals surface area contributed by atoms with Crippen molar-refractivity contribution in [3.63, 3.8) is 0 Å². The van der Waals surface area contributed by atoms with Gasteiger partial charge in [-0.3, -0.25) is 4.79 Å². The average molecular weight is 396 g/mol. The summed E-state index contributed by atoms with van der Waals surface area (Å²) in [6.45, 7) is 0.404. The highest BCUT2D eigenvalue weighted by Crippen LogP contribution is 2.25. The zero-order chi connectivity index (χ0) is 16.7. The minimum Gasteiger partial charge on any atom is -0.496 e. The Balaban J connectivity index is 1.96. The van der Waals surface area contributed by atoms with E-state index in [9.17, 15) is 4.79 Å². The Morgan fingerprint density at radius 2 is 1.96 bits per heavy atom. The van der Waals surface area contributed by atoms with E-state index in [4.69, 9.17) is 9.47 Å². The van der Waals surface area contributed by atoms with E-state index in [-0.39, 0.29) is 5.91 Å². The first kappa shape index (κ1) is 17.7. The molecular formula is C17H18BrNO3S. The largest absolute Gasteiger partial charge is 0.496 e. The lowest BCUT2D eigenvalue weighted by molar-refractivity contribution is -0.113. The minimum atomic E-state index is -0.00922. The monoisotopic (exact) mass is 395 g/mol. The van der Waals surface area contributed by atoms with Gasteiger partial charge in [0.1, 0.15) is 18.1 Å². The number of amides is 1. The molecule has 0 aliphatic heterocycles. The summed E-state index contributed by atoms with van der Waals surface area (Å²) in [5.74, 6) is 1.95. The van der Waals surface area contributed by atoms with Gasteiger partial charge in [0.25, 0.3) is 0 Å². The molecule has 0 atom stereocenters. The van der Waals surface area contributed by atoms with Crippen molar-refractivity contribution in [1.29, 1.82) is 0 Å². The summed E-state index contributed by atoms with van der Waals surface area (Å²) in [6, 6.07) is 13.1. The normalized spacial score (nSPS) is 10.2. The fourth-order valence-electron chi connectivity index (χ4n) is 1.98. The van der Waals surface area contributed by atoms with Gasteiger partial charge < -0.3 is 14.8 Å². The highest BCUT2D eigenvalue weighted by molar-refractivity contribution is 9.10. The molecule has 0 saturated carbocycles. The number of ether oxygens (including phenoxy) is 2. The first-order valence-corrected chi connectivity index (χ1v) is 9.15. The van der Waals surface area contributed by atoms with E-state index in [1.807, 2.05) is 48.7 Å². The molecule has 4 nitrogen and oxygen atoms in total. The number of hydrogen-bond donors (Lipinski definition) is 1. The van der Waals surface area contributed by atoms with Crippen molar-refractivity contribution < 1.29 is 14.3 Å². The van der Waals surface area contributed by atoms with Gasteiger partial charge in [-0.15, -0.1) is 0 Å². The average Bonchev–Trinajstić information content (AvgIpc) is 2.54. The number of rotatable bonds is 7. The molecule has 2 aromatic rings. The van der Waals surface area contributed by atoms with Gasteiger partial charge in [0, 0.05) is 15.7 Å². The predicted molar refractivity (Wildman–Crippen MR) is 98.5 cm³/mol. The summed E-state index contributed by atoms with van der Waals surface area (Å²) in [6.07, 6.45) is 1.90. The van der Waals surface area contributed by atoms with E-state index in [0.717, 1.165) is 27.2 Å². The van der Waals surface area contributed by atoms with Crippen molar-refractivity contribution >= 4 is 39.3 Å². The van der Waals surface area contributed by atoms with Crippen LogP contribution in [0.3, 0.4) is 0 Å². The molecule has 2 rings (SSSR count). The maximum absolute atomic E-state index is 11.5. The van der Waals surface area contributed by atoms with Crippen LogP contribution in [0.2, 0.25) is 0 Å². The van der Waals surface area contributed by atoms with Crippen molar-refractivity contribution in [3.8, 4) is 11.5 Å². The van der Waals surface area contributed by atoms with Crippen LogP contribution in [0.25, 0.3) is 0 Å². The number of carbonyl (C=O) groups excluding carboxylic acids is 1. The number of carbonyl (C=O) groups is 1. The van der Waals surface area contributed by atoms with Crippen molar-refractivity contribution in [3.05, 3.63) is 52.5 Å². The Hall–Kier alpha value is -1.66. The van der Waals surface area contributed by atoms with Crippen LogP contribution in [0.1, 0.15) is 5.56 Å². The minimum absolute atomic E-state index is 0.00922. The third kappa shape index (κ3) is 5.48. The summed E-state index contributed by atoms with van der Waals surface area (Å²) in [5.41, 5.74) is 1.72. The van der Waals surface area contributed by atoms with Crippen LogP contribution in [0.15, 0.2) is 46.9 Å². The van der Waals surface area contributed by atoms with Gasteiger partial charge in [-0.05, 0) is 48.7 Å². The topological polar surface area (TPSA) is 47.6 Å². The first-order chi connectivity index (χ1) is 11.1. The molecule has 6 heteroatoms. The third-order valence-corrected chi connectivity index (χ3v) is 4.09. The molecule has 1 amide bonds. The Morgan fingerprint density at radius 3 is 2.61 bits per heavy atom. The van der Waals surface area contributed by atoms with Crippen molar-refractivity contribution in [2.45, 2.75) is 6.61 Å². The van der Waals surface area contributed by atoms with Gasteiger partial charge in [0.2, 0.25) is 5.91 Å². The van der Waals surface area contributed by atoms with Crippen molar-refractivity contribution in [2.24, 2.45) is 0 Å². The molecule has 0 aromatic heterocycles. The van der Waals surface area contributed by atoms with Crippen molar-refractivity contribution in [2.75, 3.05) is 24.4 Å². The van der Waals surface area contributed by atoms with Crippen LogP contribution in [0.5, 0.6) is 11.5 Å². The second kappa shape index (κ2) is 8.84. The maximum Gasteiger partial charge on any atom is 0.234 e. The fourth-order valence-corrected chi connectivity index (χ4v) is 2.73. The molecule has 0 radical (unpaired) electrons. The number of nitrogens with one attached hydrogen (secondary N) is 1. The SMILES string of the molecule is COc1ccc(Br)cc1COc1ccc(NC(=O)CSC)cc1. The van der Waals surface area contributed by atoms with Crippen LogP contribution in [-0.4, -0.2) is 25.0 Å². The van der Waals surface area contributed by atoms with Crippen LogP contribution in [0.4, 0.5) is 5.69 Å². The Kier molecular flexibility index (Phi) is 6.80. The van der Waals surface area contributed by atoms with Crippen LogP contribution >= 0.6 is 27.7 Å². The number of halogens is 1. The number of anilines is 1. The molecule has 0 bridgehead atoms. The second-order valence-corrected chi connectivity index (χ2v) is 6.53. The summed E-state index contributed by atoms with van der Waals surface area (Å²) in [4.78, 5) is 11.5. The molecule has 1 N–H and O–H groups in total.